The highest BCUT2D eigenvalue weighted by Gasteiger charge is 2.41. The molecule has 2 rings (SSSR count). The number of carbonyl (C=O) groups excluding carboxylic acids is 1. The normalized spacial score (nSPS) is 35.5. The summed E-state index contributed by atoms with van der Waals surface area (Å²) in [5.41, 5.74) is 5.40. The zero-order chi connectivity index (χ0) is 11.6. The Hall–Kier alpha value is -0.610. The van der Waals surface area contributed by atoms with Gasteiger partial charge in [-0.15, -0.1) is 0 Å². The second-order valence-corrected chi connectivity index (χ2v) is 5.07. The van der Waals surface area contributed by atoms with Crippen LogP contribution in [0.2, 0.25) is 0 Å². The summed E-state index contributed by atoms with van der Waals surface area (Å²) >= 11 is 0. The van der Waals surface area contributed by atoms with E-state index in [-0.39, 0.29) is 12.1 Å². The lowest BCUT2D eigenvalue weighted by molar-refractivity contribution is -0.179. The summed E-state index contributed by atoms with van der Waals surface area (Å²) in [6.45, 7) is 3.25. The Morgan fingerprint density at radius 1 is 1.44 bits per heavy atom. The number of nitrogens with two attached hydrogens (primary N) is 1. The second kappa shape index (κ2) is 4.72. The average molecular weight is 227 g/mol. The second-order valence-electron chi connectivity index (χ2n) is 5.07. The van der Waals surface area contributed by atoms with Gasteiger partial charge in [-0.25, -0.2) is 0 Å². The number of carbonyl (C=O) groups is 1. The van der Waals surface area contributed by atoms with Gasteiger partial charge in [0.2, 0.25) is 0 Å². The van der Waals surface area contributed by atoms with Crippen molar-refractivity contribution in [2.75, 3.05) is 13.2 Å². The number of esters is 1. The van der Waals surface area contributed by atoms with Crippen LogP contribution in [0.3, 0.4) is 0 Å². The molecule has 4 heteroatoms. The Morgan fingerprint density at radius 3 is 2.50 bits per heavy atom. The van der Waals surface area contributed by atoms with Gasteiger partial charge in [-0.2, -0.15) is 0 Å². The summed E-state index contributed by atoms with van der Waals surface area (Å²) in [5.74, 6) is 0.506. The van der Waals surface area contributed by atoms with Crippen molar-refractivity contribution in [3.05, 3.63) is 0 Å². The molecule has 0 aromatic heterocycles. The van der Waals surface area contributed by atoms with Crippen molar-refractivity contribution in [3.8, 4) is 0 Å². The first-order valence-corrected chi connectivity index (χ1v) is 6.22. The molecule has 0 spiro atoms. The Morgan fingerprint density at radius 2 is 2.06 bits per heavy atom. The van der Waals surface area contributed by atoms with E-state index in [0.717, 1.165) is 31.6 Å². The van der Waals surface area contributed by atoms with E-state index in [0.29, 0.717) is 13.2 Å². The van der Waals surface area contributed by atoms with Crippen molar-refractivity contribution < 1.29 is 14.3 Å². The molecule has 16 heavy (non-hydrogen) atoms. The monoisotopic (exact) mass is 227 g/mol. The minimum Gasteiger partial charge on any atom is -0.456 e. The molecule has 1 aliphatic heterocycles. The number of rotatable bonds is 3. The molecule has 0 aromatic rings. The third-order valence-electron chi connectivity index (χ3n) is 3.86. The van der Waals surface area contributed by atoms with Gasteiger partial charge in [-0.3, -0.25) is 4.79 Å². The maximum absolute atomic E-state index is 11.9. The maximum atomic E-state index is 11.9. The fourth-order valence-corrected chi connectivity index (χ4v) is 2.36. The molecule has 2 fully saturated rings. The average Bonchev–Trinajstić information content (AvgIpc) is 2.24. The van der Waals surface area contributed by atoms with E-state index in [2.05, 4.69) is 6.92 Å². The van der Waals surface area contributed by atoms with E-state index < -0.39 is 5.54 Å². The van der Waals surface area contributed by atoms with Gasteiger partial charge in [-0.1, -0.05) is 13.3 Å². The highest BCUT2D eigenvalue weighted by molar-refractivity contribution is 5.80. The third-order valence-corrected chi connectivity index (χ3v) is 3.86. The summed E-state index contributed by atoms with van der Waals surface area (Å²) < 4.78 is 10.3. The summed E-state index contributed by atoms with van der Waals surface area (Å²) in [6.07, 6.45) is 4.74. The zero-order valence-corrected chi connectivity index (χ0v) is 9.91. The third kappa shape index (κ3) is 2.38. The summed E-state index contributed by atoms with van der Waals surface area (Å²) in [5, 5.41) is 0. The molecule has 2 N–H and O–H groups in total. The Labute approximate surface area is 96.5 Å². The van der Waals surface area contributed by atoms with Crippen molar-refractivity contribution in [2.24, 2.45) is 11.7 Å². The van der Waals surface area contributed by atoms with Gasteiger partial charge >= 0.3 is 5.97 Å². The molecule has 0 aromatic carbocycles. The van der Waals surface area contributed by atoms with E-state index in [4.69, 9.17) is 15.2 Å². The Kier molecular flexibility index (Phi) is 3.50. The van der Waals surface area contributed by atoms with Crippen LogP contribution in [-0.2, 0) is 14.3 Å². The van der Waals surface area contributed by atoms with Gasteiger partial charge in [0.25, 0.3) is 0 Å². The fraction of sp³-hybridized carbons (Fsp3) is 0.917. The topological polar surface area (TPSA) is 61.6 Å². The van der Waals surface area contributed by atoms with Crippen molar-refractivity contribution >= 4 is 5.97 Å². The predicted molar refractivity (Wildman–Crippen MR) is 59.9 cm³/mol. The van der Waals surface area contributed by atoms with Gasteiger partial charge in [0.05, 0.1) is 13.2 Å². The van der Waals surface area contributed by atoms with Crippen LogP contribution < -0.4 is 5.73 Å². The minimum atomic E-state index is -0.735. The first-order valence-electron chi connectivity index (χ1n) is 6.22. The molecule has 1 heterocycles. The standard InChI is InChI=1S/C12H21NO3/c1-2-9-3-5-12(13,6-4-9)11(14)16-10-7-15-8-10/h9-10H,2-8,13H2,1H3. The summed E-state index contributed by atoms with van der Waals surface area (Å²) in [4.78, 5) is 11.9. The molecule has 2 aliphatic rings. The van der Waals surface area contributed by atoms with Crippen LogP contribution in [0.4, 0.5) is 0 Å². The predicted octanol–water partition coefficient (Wildman–Crippen LogP) is 1.23. The molecule has 1 aliphatic carbocycles. The van der Waals surface area contributed by atoms with E-state index in [9.17, 15) is 4.79 Å². The van der Waals surface area contributed by atoms with E-state index >= 15 is 0 Å². The molecule has 4 nitrogen and oxygen atoms in total. The minimum absolute atomic E-state index is 0.0585. The van der Waals surface area contributed by atoms with Crippen molar-refractivity contribution in [2.45, 2.75) is 50.7 Å². The summed E-state index contributed by atoms with van der Waals surface area (Å²) in [7, 11) is 0. The first-order chi connectivity index (χ1) is 7.64. The molecule has 92 valence electrons. The van der Waals surface area contributed by atoms with Crippen LogP contribution in [0.1, 0.15) is 39.0 Å². The molecule has 0 radical (unpaired) electrons. The molecule has 1 saturated carbocycles. The van der Waals surface area contributed by atoms with Gasteiger partial charge in [0.15, 0.2) is 0 Å². The highest BCUT2D eigenvalue weighted by Crippen LogP contribution is 2.33. The van der Waals surface area contributed by atoms with Gasteiger partial charge in [0, 0.05) is 0 Å². The number of hydrogen-bond donors (Lipinski definition) is 1. The Bertz CT molecular complexity index is 255. The maximum Gasteiger partial charge on any atom is 0.326 e. The van der Waals surface area contributed by atoms with Gasteiger partial charge in [-0.05, 0) is 31.6 Å². The van der Waals surface area contributed by atoms with E-state index in [1.807, 2.05) is 0 Å². The van der Waals surface area contributed by atoms with Crippen LogP contribution in [0.15, 0.2) is 0 Å². The SMILES string of the molecule is CCC1CCC(N)(C(=O)OC2COC2)CC1. The summed E-state index contributed by atoms with van der Waals surface area (Å²) in [6, 6.07) is 0. The fourth-order valence-electron chi connectivity index (χ4n) is 2.36. The van der Waals surface area contributed by atoms with Gasteiger partial charge < -0.3 is 15.2 Å². The van der Waals surface area contributed by atoms with Crippen LogP contribution >= 0.6 is 0 Å². The molecule has 0 bridgehead atoms. The van der Waals surface area contributed by atoms with Crippen molar-refractivity contribution in [1.29, 1.82) is 0 Å². The lowest BCUT2D eigenvalue weighted by atomic mass is 9.76. The Balaban J connectivity index is 1.84. The van der Waals surface area contributed by atoms with Crippen LogP contribution in [0.25, 0.3) is 0 Å². The quantitative estimate of drug-likeness (QED) is 0.736. The number of hydrogen-bond acceptors (Lipinski definition) is 4. The molecule has 1 saturated heterocycles. The van der Waals surface area contributed by atoms with Crippen molar-refractivity contribution in [1.82, 2.24) is 0 Å². The smallest absolute Gasteiger partial charge is 0.326 e. The molecular weight excluding hydrogens is 206 g/mol. The lowest BCUT2D eigenvalue weighted by Crippen LogP contribution is -2.54. The van der Waals surface area contributed by atoms with Crippen LogP contribution in [0, 0.1) is 5.92 Å². The molecule has 0 unspecified atom stereocenters. The first kappa shape index (κ1) is 11.9. The molecule has 0 amide bonds. The van der Waals surface area contributed by atoms with E-state index in [1.54, 1.807) is 0 Å². The van der Waals surface area contributed by atoms with Crippen molar-refractivity contribution in [3.63, 3.8) is 0 Å². The molecular formula is C12H21NO3. The zero-order valence-electron chi connectivity index (χ0n) is 9.91. The highest BCUT2D eigenvalue weighted by atomic mass is 16.6. The van der Waals surface area contributed by atoms with Gasteiger partial charge in [0.1, 0.15) is 11.6 Å². The lowest BCUT2D eigenvalue weighted by Gasteiger charge is -2.37. The van der Waals surface area contributed by atoms with Crippen LogP contribution in [-0.4, -0.2) is 30.8 Å². The van der Waals surface area contributed by atoms with Crippen LogP contribution in [0.5, 0.6) is 0 Å². The largest absolute Gasteiger partial charge is 0.456 e. The van der Waals surface area contributed by atoms with E-state index in [1.165, 1.54) is 6.42 Å². The number of ether oxygens (including phenoxy) is 2. The molecule has 0 atom stereocenters.